The number of methoxy groups -OCH3 is 1. The Morgan fingerprint density at radius 3 is 2.71 bits per heavy atom. The number of carbonyl (C=O) groups is 1. The van der Waals surface area contributed by atoms with Gasteiger partial charge in [0.1, 0.15) is 18.0 Å². The molecule has 2 bridgehead atoms. The molecule has 6 aromatic rings. The SMILES string of the molecule is COc1c(F)ccc2c1CCC2Nc1ncnc2cc(-c3c4c(nc(CCc5ccc(F)cc5)c3-c3n[nH]c(=O)o3)C35CC(CN3C4=O)C5)sc12. The molecule has 5 aliphatic rings. The first-order valence-corrected chi connectivity index (χ1v) is 17.7. The predicted octanol–water partition coefficient (Wildman–Crippen LogP) is 6.34. The first-order valence-electron chi connectivity index (χ1n) is 16.9. The number of rotatable bonds is 8. The van der Waals surface area contributed by atoms with Gasteiger partial charge in [0.25, 0.3) is 11.8 Å². The molecule has 0 radical (unpaired) electrons. The van der Waals surface area contributed by atoms with E-state index in [2.05, 4.69) is 25.5 Å². The molecule has 7 heterocycles. The van der Waals surface area contributed by atoms with E-state index in [1.807, 2.05) is 11.0 Å². The number of ether oxygens (including phenoxy) is 1. The number of aromatic nitrogens is 5. The van der Waals surface area contributed by atoms with E-state index in [1.54, 1.807) is 18.2 Å². The van der Waals surface area contributed by atoms with E-state index >= 15 is 0 Å². The topological polar surface area (TPSA) is 139 Å². The zero-order valence-corrected chi connectivity index (χ0v) is 28.1. The Labute approximate surface area is 292 Å². The molecule has 2 N–H and O–H groups in total. The number of hydrogen-bond acceptors (Lipinski definition) is 10. The fourth-order valence-corrected chi connectivity index (χ4v) is 9.88. The Hall–Kier alpha value is -5.50. The maximum Gasteiger partial charge on any atom is 0.434 e. The fraction of sp³-hybridized carbons (Fsp3) is 0.297. The number of thiophene rings is 1. The van der Waals surface area contributed by atoms with Crippen molar-refractivity contribution >= 4 is 33.3 Å². The Bertz CT molecular complexity index is 2490. The second-order valence-corrected chi connectivity index (χ2v) is 14.8. The summed E-state index contributed by atoms with van der Waals surface area (Å²) in [5.74, 6) is -0.163. The van der Waals surface area contributed by atoms with Crippen LogP contribution in [-0.2, 0) is 24.8 Å². The summed E-state index contributed by atoms with van der Waals surface area (Å²) in [6.07, 6.45) is 5.55. The van der Waals surface area contributed by atoms with Crippen LogP contribution >= 0.6 is 11.3 Å². The monoisotopic (exact) mass is 705 g/mol. The van der Waals surface area contributed by atoms with Gasteiger partial charge in [-0.3, -0.25) is 9.78 Å². The second-order valence-electron chi connectivity index (χ2n) is 13.7. The molecule has 14 heteroatoms. The third kappa shape index (κ3) is 4.44. The number of nitrogens with zero attached hydrogens (tertiary/aromatic N) is 5. The van der Waals surface area contributed by atoms with E-state index in [0.717, 1.165) is 51.2 Å². The van der Waals surface area contributed by atoms with Gasteiger partial charge < -0.3 is 19.4 Å². The van der Waals surface area contributed by atoms with Crippen LogP contribution in [0, 0.1) is 17.6 Å². The molecule has 2 aromatic carbocycles. The van der Waals surface area contributed by atoms with Gasteiger partial charge in [0, 0.05) is 22.5 Å². The number of nitrogens with one attached hydrogen (secondary N) is 2. The molecule has 1 saturated carbocycles. The van der Waals surface area contributed by atoms with Crippen LogP contribution in [0.5, 0.6) is 5.75 Å². The highest BCUT2D eigenvalue weighted by atomic mass is 32.1. The van der Waals surface area contributed by atoms with Gasteiger partial charge in [-0.2, -0.15) is 0 Å². The van der Waals surface area contributed by atoms with E-state index in [9.17, 15) is 18.4 Å². The fourth-order valence-electron chi connectivity index (χ4n) is 8.76. The number of carbonyl (C=O) groups excluding carboxylic acids is 1. The van der Waals surface area contributed by atoms with Crippen molar-refractivity contribution in [2.45, 2.75) is 50.1 Å². The molecule has 1 atom stereocenters. The lowest BCUT2D eigenvalue weighted by Crippen LogP contribution is -2.40. The van der Waals surface area contributed by atoms with Crippen LogP contribution in [0.15, 0.2) is 58.0 Å². The van der Waals surface area contributed by atoms with Gasteiger partial charge in [0.2, 0.25) is 0 Å². The lowest BCUT2D eigenvalue weighted by atomic mass is 9.71. The van der Waals surface area contributed by atoms with Gasteiger partial charge in [-0.15, -0.1) is 16.4 Å². The normalized spacial score (nSPS) is 21.2. The molecule has 11 rings (SSSR count). The van der Waals surface area contributed by atoms with Gasteiger partial charge in [-0.05, 0) is 79.8 Å². The maximum absolute atomic E-state index is 14.5. The summed E-state index contributed by atoms with van der Waals surface area (Å²) in [4.78, 5) is 43.9. The second kappa shape index (κ2) is 11.0. The number of hydrogen-bond donors (Lipinski definition) is 2. The maximum atomic E-state index is 14.5. The predicted molar refractivity (Wildman–Crippen MR) is 184 cm³/mol. The Morgan fingerprint density at radius 1 is 1.08 bits per heavy atom. The molecule has 1 unspecified atom stereocenters. The number of amides is 1. The van der Waals surface area contributed by atoms with E-state index in [0.29, 0.717) is 65.4 Å². The number of fused-ring (bicyclic) bond motifs is 3. The molecule has 11 nitrogen and oxygen atoms in total. The van der Waals surface area contributed by atoms with Crippen LogP contribution in [0.4, 0.5) is 14.6 Å². The molecule has 4 aromatic heterocycles. The summed E-state index contributed by atoms with van der Waals surface area (Å²) in [7, 11) is 1.48. The van der Waals surface area contributed by atoms with Crippen molar-refractivity contribution in [3.63, 3.8) is 0 Å². The van der Waals surface area contributed by atoms with Gasteiger partial charge in [0.05, 0.1) is 51.4 Å². The Morgan fingerprint density at radius 2 is 1.92 bits per heavy atom. The van der Waals surface area contributed by atoms with Crippen molar-refractivity contribution in [1.82, 2.24) is 30.0 Å². The number of anilines is 1. The molecule has 2 saturated heterocycles. The minimum Gasteiger partial charge on any atom is -0.493 e. The summed E-state index contributed by atoms with van der Waals surface area (Å²) < 4.78 is 40.0. The van der Waals surface area contributed by atoms with Crippen LogP contribution in [0.25, 0.3) is 32.1 Å². The number of aromatic amines is 1. The van der Waals surface area contributed by atoms with E-state index in [4.69, 9.17) is 14.1 Å². The molecule has 1 amide bonds. The molecule has 3 fully saturated rings. The van der Waals surface area contributed by atoms with Crippen LogP contribution in [0.2, 0.25) is 0 Å². The summed E-state index contributed by atoms with van der Waals surface area (Å²) in [6, 6.07) is 11.3. The highest BCUT2D eigenvalue weighted by molar-refractivity contribution is 7.22. The quantitative estimate of drug-likeness (QED) is 0.186. The molecule has 3 aliphatic heterocycles. The molecule has 51 heavy (non-hydrogen) atoms. The third-order valence-electron chi connectivity index (χ3n) is 11.0. The van der Waals surface area contributed by atoms with E-state index < -0.39 is 11.3 Å². The lowest BCUT2D eigenvalue weighted by Gasteiger charge is -2.37. The number of halogens is 2. The van der Waals surface area contributed by atoms with E-state index in [-0.39, 0.29) is 35.2 Å². The molecular formula is C37H29F2N7O4S. The average Bonchev–Trinajstić information content (AvgIpc) is 3.96. The van der Waals surface area contributed by atoms with E-state index in [1.165, 1.54) is 43.0 Å². The van der Waals surface area contributed by atoms with Gasteiger partial charge in [-0.1, -0.05) is 18.2 Å². The van der Waals surface area contributed by atoms with Gasteiger partial charge in [-0.25, -0.2) is 28.6 Å². The van der Waals surface area contributed by atoms with Crippen molar-refractivity contribution in [3.05, 3.63) is 105 Å². The lowest BCUT2D eigenvalue weighted by molar-refractivity contribution is 0.0637. The van der Waals surface area contributed by atoms with Crippen molar-refractivity contribution in [2.24, 2.45) is 5.92 Å². The van der Waals surface area contributed by atoms with Gasteiger partial charge in [0.15, 0.2) is 11.6 Å². The summed E-state index contributed by atoms with van der Waals surface area (Å²) in [5.41, 5.74) is 5.86. The van der Waals surface area contributed by atoms with Crippen LogP contribution in [0.1, 0.15) is 63.7 Å². The van der Waals surface area contributed by atoms with Crippen LogP contribution in [0.3, 0.4) is 0 Å². The average molecular weight is 706 g/mol. The Kier molecular flexibility index (Phi) is 6.54. The largest absolute Gasteiger partial charge is 0.493 e. The highest BCUT2D eigenvalue weighted by Crippen LogP contribution is 2.63. The smallest absolute Gasteiger partial charge is 0.434 e. The van der Waals surface area contributed by atoms with Crippen molar-refractivity contribution in [2.75, 3.05) is 19.0 Å². The Balaban J connectivity index is 1.14. The molecule has 256 valence electrons. The van der Waals surface area contributed by atoms with Crippen molar-refractivity contribution < 1.29 is 22.7 Å². The van der Waals surface area contributed by atoms with Gasteiger partial charge >= 0.3 is 5.76 Å². The first kappa shape index (κ1) is 30.3. The summed E-state index contributed by atoms with van der Waals surface area (Å²) in [5, 5.41) is 10.2. The first-order chi connectivity index (χ1) is 24.8. The highest BCUT2D eigenvalue weighted by Gasteiger charge is 2.65. The number of benzene rings is 2. The zero-order valence-electron chi connectivity index (χ0n) is 27.3. The number of H-pyrrole nitrogens is 1. The minimum atomic E-state index is -0.727. The summed E-state index contributed by atoms with van der Waals surface area (Å²) in [6.45, 7) is 0.676. The zero-order chi connectivity index (χ0) is 34.6. The number of aryl methyl sites for hydroxylation is 2. The number of pyridine rings is 1. The minimum absolute atomic E-state index is 0.0360. The molecule has 1 spiro atoms. The summed E-state index contributed by atoms with van der Waals surface area (Å²) >= 11 is 1.43. The third-order valence-corrected chi connectivity index (χ3v) is 12.1. The van der Waals surface area contributed by atoms with Crippen LogP contribution < -0.4 is 15.8 Å². The molecule has 2 aliphatic carbocycles. The van der Waals surface area contributed by atoms with Crippen molar-refractivity contribution in [1.29, 1.82) is 0 Å². The molecular weight excluding hydrogens is 677 g/mol. The standard InChI is InChI=1S/C37H29F2N7O4S/c1-49-30-21-8-11-23(20(21)7-9-22(30)39)43-33-31-25(40-16-41-33)12-26(51-31)28-27(34-44-45-36(48)50-34)24(10-4-17-2-5-19(38)6-3-17)42-32-29(28)35(47)46-15-18-13-37(32,46)14-18/h2-3,5-7,9,12,16,18,23H,4,8,10-11,13-15H2,1H3,(H,45,48)(H,40,41,43). The van der Waals surface area contributed by atoms with Crippen LogP contribution in [-0.4, -0.2) is 49.6 Å². The van der Waals surface area contributed by atoms with Crippen molar-refractivity contribution in [3.8, 4) is 27.6 Å².